The average Bonchev–Trinajstić information content (AvgIpc) is 3.32. The van der Waals surface area contributed by atoms with Gasteiger partial charge in [0, 0.05) is 17.3 Å². The van der Waals surface area contributed by atoms with Crippen LogP contribution >= 0.6 is 11.6 Å². The third-order valence-electron chi connectivity index (χ3n) is 6.17. The maximum Gasteiger partial charge on any atom is 0.282 e. The molecule has 0 spiro atoms. The highest BCUT2D eigenvalue weighted by Crippen LogP contribution is 2.40. The minimum atomic E-state index is -0.311. The van der Waals surface area contributed by atoms with Crippen LogP contribution in [0.25, 0.3) is 5.57 Å². The molecule has 32 heavy (non-hydrogen) atoms. The Morgan fingerprint density at radius 1 is 0.844 bits per heavy atom. The Balaban J connectivity index is 1.64. The first-order chi connectivity index (χ1) is 15.5. The fourth-order valence-corrected chi connectivity index (χ4v) is 4.58. The number of imide groups is 1. The number of carbonyl (C=O) groups is 2. The van der Waals surface area contributed by atoms with Gasteiger partial charge in [0.25, 0.3) is 11.8 Å². The number of benzene rings is 3. The van der Waals surface area contributed by atoms with Gasteiger partial charge in [-0.25, -0.2) is 4.90 Å². The summed E-state index contributed by atoms with van der Waals surface area (Å²) in [6, 6.07) is 22.8. The number of nitrogens with zero attached hydrogens (tertiary/aromatic N) is 2. The molecule has 2 amide bonds. The van der Waals surface area contributed by atoms with Crippen LogP contribution in [0.5, 0.6) is 0 Å². The van der Waals surface area contributed by atoms with Gasteiger partial charge in [0.05, 0.1) is 11.3 Å². The summed E-state index contributed by atoms with van der Waals surface area (Å²) >= 11 is 6.09. The second-order valence-corrected chi connectivity index (χ2v) is 8.89. The largest absolute Gasteiger partial charge is 0.336 e. The highest BCUT2D eigenvalue weighted by molar-refractivity contribution is 6.46. The van der Waals surface area contributed by atoms with Crippen molar-refractivity contribution in [2.24, 2.45) is 0 Å². The first kappa shape index (κ1) is 20.5. The van der Waals surface area contributed by atoms with Gasteiger partial charge in [0.2, 0.25) is 0 Å². The van der Waals surface area contributed by atoms with E-state index in [0.717, 1.165) is 17.7 Å². The van der Waals surface area contributed by atoms with E-state index in [1.54, 1.807) is 24.3 Å². The van der Waals surface area contributed by atoms with Gasteiger partial charge in [-0.15, -0.1) is 0 Å². The number of halogens is 1. The molecule has 3 aromatic rings. The lowest BCUT2D eigenvalue weighted by atomic mass is 10.0. The van der Waals surface area contributed by atoms with E-state index in [0.29, 0.717) is 40.0 Å². The van der Waals surface area contributed by atoms with E-state index in [9.17, 15) is 9.59 Å². The Morgan fingerprint density at radius 3 is 2.22 bits per heavy atom. The molecule has 0 bridgehead atoms. The molecule has 0 radical (unpaired) electrons. The maximum atomic E-state index is 13.8. The van der Waals surface area contributed by atoms with Gasteiger partial charge in [0.15, 0.2) is 0 Å². The average molecular weight is 443 g/mol. The van der Waals surface area contributed by atoms with Crippen LogP contribution in [0.3, 0.4) is 0 Å². The number of rotatable bonds is 4. The molecule has 2 heterocycles. The molecular weight excluding hydrogens is 420 g/mol. The van der Waals surface area contributed by atoms with Gasteiger partial charge in [-0.3, -0.25) is 9.59 Å². The van der Waals surface area contributed by atoms with E-state index in [-0.39, 0.29) is 11.8 Å². The van der Waals surface area contributed by atoms with Crippen molar-refractivity contribution >= 4 is 40.4 Å². The molecule has 0 aromatic heterocycles. The van der Waals surface area contributed by atoms with Crippen LogP contribution in [0, 0.1) is 0 Å². The zero-order chi connectivity index (χ0) is 22.4. The predicted octanol–water partition coefficient (Wildman–Crippen LogP) is 5.81. The van der Waals surface area contributed by atoms with Crippen molar-refractivity contribution in [1.82, 2.24) is 0 Å². The van der Waals surface area contributed by atoms with Crippen molar-refractivity contribution in [2.45, 2.75) is 26.2 Å². The lowest BCUT2D eigenvalue weighted by Crippen LogP contribution is -2.34. The van der Waals surface area contributed by atoms with Gasteiger partial charge in [-0.1, -0.05) is 67.9 Å². The molecular formula is C27H23ClN2O2. The molecule has 160 valence electrons. The van der Waals surface area contributed by atoms with Crippen molar-refractivity contribution in [3.8, 4) is 0 Å². The van der Waals surface area contributed by atoms with E-state index < -0.39 is 0 Å². The van der Waals surface area contributed by atoms with E-state index in [1.165, 1.54) is 10.5 Å². The Labute approximate surface area is 192 Å². The molecule has 5 heteroatoms. The molecule has 0 atom stereocenters. The first-order valence-corrected chi connectivity index (χ1v) is 11.2. The molecule has 2 aliphatic heterocycles. The number of hydrogen-bond acceptors (Lipinski definition) is 3. The second-order valence-electron chi connectivity index (χ2n) is 8.45. The Kier molecular flexibility index (Phi) is 5.10. The molecule has 4 nitrogen and oxygen atoms in total. The normalized spacial score (nSPS) is 15.9. The lowest BCUT2D eigenvalue weighted by Gasteiger charge is -2.22. The van der Waals surface area contributed by atoms with E-state index in [1.807, 2.05) is 47.4 Å². The van der Waals surface area contributed by atoms with E-state index in [4.69, 9.17) is 11.6 Å². The summed E-state index contributed by atoms with van der Waals surface area (Å²) in [5, 5.41) is 0.584. The summed E-state index contributed by atoms with van der Waals surface area (Å²) in [5.41, 5.74) is 5.42. The number of anilines is 2. The number of hydrogen-bond donors (Lipinski definition) is 0. The van der Waals surface area contributed by atoms with E-state index >= 15 is 0 Å². The summed E-state index contributed by atoms with van der Waals surface area (Å²) in [7, 11) is 0. The standard InChI is InChI=1S/C27H23ClN2O2/c1-17(2)18-9-13-22(14-10-18)30-26(31)24(20-7-11-21(28)12-8-20)25(27(30)32)29-16-15-19-5-3-4-6-23(19)29/h3-14,17H,15-16H2,1-2H3. The van der Waals surface area contributed by atoms with Gasteiger partial charge < -0.3 is 4.90 Å². The summed E-state index contributed by atoms with van der Waals surface area (Å²) < 4.78 is 0. The van der Waals surface area contributed by atoms with Gasteiger partial charge in [0.1, 0.15) is 5.70 Å². The third kappa shape index (κ3) is 3.32. The number of para-hydroxylation sites is 1. The van der Waals surface area contributed by atoms with Crippen molar-refractivity contribution in [3.63, 3.8) is 0 Å². The fourth-order valence-electron chi connectivity index (χ4n) is 4.46. The zero-order valence-corrected chi connectivity index (χ0v) is 18.8. The van der Waals surface area contributed by atoms with Crippen molar-refractivity contribution < 1.29 is 9.59 Å². The summed E-state index contributed by atoms with van der Waals surface area (Å²) in [6.45, 7) is 4.89. The van der Waals surface area contributed by atoms with Crippen LogP contribution in [0.4, 0.5) is 11.4 Å². The number of carbonyl (C=O) groups excluding carboxylic acids is 2. The number of amides is 2. The highest BCUT2D eigenvalue weighted by Gasteiger charge is 2.44. The van der Waals surface area contributed by atoms with Crippen LogP contribution in [-0.4, -0.2) is 18.4 Å². The fraction of sp³-hybridized carbons (Fsp3) is 0.185. The minimum absolute atomic E-state index is 0.297. The summed E-state index contributed by atoms with van der Waals surface area (Å²) in [4.78, 5) is 30.7. The summed E-state index contributed by atoms with van der Waals surface area (Å²) in [5.74, 6) is -0.239. The molecule has 0 aliphatic carbocycles. The van der Waals surface area contributed by atoms with Crippen LogP contribution in [-0.2, 0) is 16.0 Å². The Bertz CT molecular complexity index is 1240. The molecule has 0 N–H and O–H groups in total. The maximum absolute atomic E-state index is 13.8. The topological polar surface area (TPSA) is 40.6 Å². The predicted molar refractivity (Wildman–Crippen MR) is 129 cm³/mol. The molecule has 5 rings (SSSR count). The van der Waals surface area contributed by atoms with Gasteiger partial charge in [-0.05, 0) is 59.4 Å². The molecule has 0 fully saturated rings. The van der Waals surface area contributed by atoms with Crippen LogP contribution < -0.4 is 9.80 Å². The summed E-state index contributed by atoms with van der Waals surface area (Å²) in [6.07, 6.45) is 0.831. The highest BCUT2D eigenvalue weighted by atomic mass is 35.5. The molecule has 0 saturated carbocycles. The SMILES string of the molecule is CC(C)c1ccc(N2C(=O)C(c3ccc(Cl)cc3)=C(N3CCc4ccccc43)C2=O)cc1. The zero-order valence-electron chi connectivity index (χ0n) is 18.0. The first-order valence-electron chi connectivity index (χ1n) is 10.8. The quantitative estimate of drug-likeness (QED) is 0.478. The Hall–Kier alpha value is -3.37. The second kappa shape index (κ2) is 7.95. The van der Waals surface area contributed by atoms with Gasteiger partial charge in [-0.2, -0.15) is 0 Å². The van der Waals surface area contributed by atoms with Crippen molar-refractivity contribution in [2.75, 3.05) is 16.3 Å². The van der Waals surface area contributed by atoms with Crippen LogP contribution in [0.15, 0.2) is 78.5 Å². The Morgan fingerprint density at radius 2 is 1.53 bits per heavy atom. The van der Waals surface area contributed by atoms with Crippen LogP contribution in [0.2, 0.25) is 5.02 Å². The van der Waals surface area contributed by atoms with E-state index in [2.05, 4.69) is 19.9 Å². The monoisotopic (exact) mass is 442 g/mol. The number of fused-ring (bicyclic) bond motifs is 1. The van der Waals surface area contributed by atoms with Gasteiger partial charge >= 0.3 is 0 Å². The third-order valence-corrected chi connectivity index (χ3v) is 6.42. The lowest BCUT2D eigenvalue weighted by molar-refractivity contribution is -0.120. The molecule has 3 aromatic carbocycles. The van der Waals surface area contributed by atoms with Crippen LogP contribution in [0.1, 0.15) is 36.5 Å². The van der Waals surface area contributed by atoms with Crippen molar-refractivity contribution in [1.29, 1.82) is 0 Å². The molecule has 0 saturated heterocycles. The van der Waals surface area contributed by atoms with Crippen molar-refractivity contribution in [3.05, 3.63) is 100 Å². The minimum Gasteiger partial charge on any atom is -0.336 e. The molecule has 0 unspecified atom stereocenters. The smallest absolute Gasteiger partial charge is 0.282 e. The molecule has 2 aliphatic rings.